The van der Waals surface area contributed by atoms with Crippen LogP contribution in [0.15, 0.2) is 46.6 Å². The number of hydrogen-bond acceptors (Lipinski definition) is 5. The molecule has 1 aromatic carbocycles. The lowest BCUT2D eigenvalue weighted by Crippen LogP contribution is -2.25. The summed E-state index contributed by atoms with van der Waals surface area (Å²) in [6.07, 6.45) is 1.55. The van der Waals surface area contributed by atoms with E-state index < -0.39 is 0 Å². The normalized spacial score (nSPS) is 11.0. The Morgan fingerprint density at radius 2 is 2.04 bits per heavy atom. The molecule has 28 heavy (non-hydrogen) atoms. The van der Waals surface area contributed by atoms with Gasteiger partial charge in [0.15, 0.2) is 0 Å². The van der Waals surface area contributed by atoms with Crippen LogP contribution < -0.4 is 5.56 Å². The van der Waals surface area contributed by atoms with E-state index >= 15 is 0 Å². The molecule has 0 radical (unpaired) electrons. The first kappa shape index (κ1) is 18.6. The van der Waals surface area contributed by atoms with Crippen molar-refractivity contribution < 1.29 is 0 Å². The van der Waals surface area contributed by atoms with E-state index in [1.165, 1.54) is 4.88 Å². The topological polar surface area (TPSA) is 58.7 Å². The highest BCUT2D eigenvalue weighted by molar-refractivity contribution is 7.20. The zero-order valence-electron chi connectivity index (χ0n) is 15.7. The van der Waals surface area contributed by atoms with Gasteiger partial charge in [-0.3, -0.25) is 9.36 Å². The van der Waals surface area contributed by atoms with Crippen LogP contribution in [-0.4, -0.2) is 9.55 Å². The van der Waals surface area contributed by atoms with Crippen molar-refractivity contribution in [3.63, 3.8) is 0 Å². The van der Waals surface area contributed by atoms with Crippen LogP contribution in [-0.2, 0) is 19.4 Å². The molecule has 0 amide bonds. The van der Waals surface area contributed by atoms with E-state index in [0.717, 1.165) is 38.5 Å². The second-order valence-corrected chi connectivity index (χ2v) is 8.53. The molecular formula is C22H19N3OS2. The number of hydrogen-bond donors (Lipinski definition) is 0. The molecule has 3 aromatic heterocycles. The molecule has 4 aromatic rings. The highest BCUT2D eigenvalue weighted by atomic mass is 32.1. The highest BCUT2D eigenvalue weighted by Crippen LogP contribution is 2.38. The number of aromatic nitrogens is 2. The Labute approximate surface area is 171 Å². The Bertz CT molecular complexity index is 1240. The predicted molar refractivity (Wildman–Crippen MR) is 116 cm³/mol. The Morgan fingerprint density at radius 3 is 2.71 bits per heavy atom. The van der Waals surface area contributed by atoms with Gasteiger partial charge in [-0.2, -0.15) is 5.26 Å². The zero-order chi connectivity index (χ0) is 19.7. The van der Waals surface area contributed by atoms with Gasteiger partial charge < -0.3 is 0 Å². The maximum Gasteiger partial charge on any atom is 0.263 e. The summed E-state index contributed by atoms with van der Waals surface area (Å²) >= 11 is 3.28. The van der Waals surface area contributed by atoms with Crippen LogP contribution in [0.4, 0.5) is 0 Å². The Morgan fingerprint density at radius 1 is 1.18 bits per heavy atom. The van der Waals surface area contributed by atoms with Gasteiger partial charge in [-0.05, 0) is 35.6 Å². The van der Waals surface area contributed by atoms with Crippen LogP contribution in [0.25, 0.3) is 20.7 Å². The molecule has 6 heteroatoms. The van der Waals surface area contributed by atoms with Gasteiger partial charge in [-0.25, -0.2) is 4.98 Å². The van der Waals surface area contributed by atoms with Crippen LogP contribution >= 0.6 is 22.7 Å². The summed E-state index contributed by atoms with van der Waals surface area (Å²) < 4.78 is 1.77. The molecule has 140 valence electrons. The largest absolute Gasteiger partial charge is 0.292 e. The van der Waals surface area contributed by atoms with E-state index in [9.17, 15) is 4.79 Å². The second kappa shape index (κ2) is 7.70. The third kappa shape index (κ3) is 3.17. The van der Waals surface area contributed by atoms with Gasteiger partial charge in [0, 0.05) is 21.7 Å². The van der Waals surface area contributed by atoms with E-state index in [1.807, 2.05) is 36.6 Å². The van der Waals surface area contributed by atoms with Crippen molar-refractivity contribution in [1.29, 1.82) is 5.26 Å². The van der Waals surface area contributed by atoms with Crippen LogP contribution in [0.1, 0.15) is 35.7 Å². The van der Waals surface area contributed by atoms with Crippen LogP contribution in [0.5, 0.6) is 0 Å². The molecule has 0 bridgehead atoms. The lowest BCUT2D eigenvalue weighted by Gasteiger charge is -2.12. The van der Waals surface area contributed by atoms with Gasteiger partial charge in [-0.15, -0.1) is 22.7 Å². The molecule has 0 saturated carbocycles. The summed E-state index contributed by atoms with van der Waals surface area (Å²) in [5, 5.41) is 11.9. The molecule has 0 N–H and O–H groups in total. The predicted octanol–water partition coefficient (Wildman–Crippen LogP) is 5.23. The van der Waals surface area contributed by atoms with E-state index in [2.05, 4.69) is 19.1 Å². The Hall–Kier alpha value is -2.75. The van der Waals surface area contributed by atoms with Crippen LogP contribution in [0.2, 0.25) is 0 Å². The van der Waals surface area contributed by atoms with Crippen molar-refractivity contribution >= 4 is 32.9 Å². The monoisotopic (exact) mass is 405 g/mol. The Balaban J connectivity index is 1.96. The molecule has 0 fully saturated rings. The summed E-state index contributed by atoms with van der Waals surface area (Å²) in [4.78, 5) is 21.6. The maximum atomic E-state index is 13.6. The summed E-state index contributed by atoms with van der Waals surface area (Å²) in [6, 6.07) is 13.7. The fraction of sp³-hybridized carbons (Fsp3) is 0.227. The van der Waals surface area contributed by atoms with E-state index in [4.69, 9.17) is 10.2 Å². The fourth-order valence-electron chi connectivity index (χ4n) is 3.46. The molecule has 3 heterocycles. The molecule has 0 aliphatic heterocycles. The molecule has 0 aliphatic rings. The van der Waals surface area contributed by atoms with E-state index in [-0.39, 0.29) is 5.56 Å². The number of nitrogens with zero attached hydrogens (tertiary/aromatic N) is 3. The average molecular weight is 406 g/mol. The van der Waals surface area contributed by atoms with Crippen molar-refractivity contribution in [2.75, 3.05) is 0 Å². The first-order chi connectivity index (χ1) is 13.7. The minimum atomic E-state index is 0.00330. The number of nitriles is 1. The number of thiophene rings is 2. The van der Waals surface area contributed by atoms with Gasteiger partial charge in [0.05, 0.1) is 23.6 Å². The van der Waals surface area contributed by atoms with Gasteiger partial charge >= 0.3 is 0 Å². The van der Waals surface area contributed by atoms with Crippen molar-refractivity contribution in [2.45, 2.75) is 33.2 Å². The van der Waals surface area contributed by atoms with Crippen molar-refractivity contribution in [1.82, 2.24) is 9.55 Å². The SMILES string of the molecule is CCc1sc2nc(CC)n(Cc3cccc(C#N)c3)c(=O)c2c1-c1cccs1. The number of rotatable bonds is 5. The number of fused-ring (bicyclic) bond motifs is 1. The zero-order valence-corrected chi connectivity index (χ0v) is 17.4. The van der Waals surface area contributed by atoms with Crippen LogP contribution in [0.3, 0.4) is 0 Å². The second-order valence-electron chi connectivity index (χ2n) is 6.50. The molecule has 4 rings (SSSR count). The first-order valence-electron chi connectivity index (χ1n) is 9.24. The maximum absolute atomic E-state index is 13.6. The lowest BCUT2D eigenvalue weighted by atomic mass is 10.1. The molecule has 0 atom stereocenters. The molecule has 0 aliphatic carbocycles. The standard InChI is InChI=1S/C22H19N3OS2/c1-3-16-19(17-9-6-10-27-17)20-21(28-16)24-18(4-2)25(22(20)26)13-15-8-5-7-14(11-15)12-23/h5-11H,3-4,13H2,1-2H3. The van der Waals surface area contributed by atoms with Crippen molar-refractivity contribution in [2.24, 2.45) is 0 Å². The minimum absolute atomic E-state index is 0.00330. The first-order valence-corrected chi connectivity index (χ1v) is 10.9. The van der Waals surface area contributed by atoms with Crippen molar-refractivity contribution in [3.8, 4) is 16.5 Å². The van der Waals surface area contributed by atoms with Gasteiger partial charge in [0.25, 0.3) is 5.56 Å². The highest BCUT2D eigenvalue weighted by Gasteiger charge is 2.21. The average Bonchev–Trinajstić information content (AvgIpc) is 3.37. The van der Waals surface area contributed by atoms with Gasteiger partial charge in [0.1, 0.15) is 10.7 Å². The third-order valence-corrected chi connectivity index (χ3v) is 6.88. The number of benzene rings is 1. The summed E-state index contributed by atoms with van der Waals surface area (Å²) in [5.74, 6) is 0.779. The van der Waals surface area contributed by atoms with E-state index in [1.54, 1.807) is 33.3 Å². The lowest BCUT2D eigenvalue weighted by molar-refractivity contribution is 0.687. The molecule has 0 spiro atoms. The van der Waals surface area contributed by atoms with Crippen molar-refractivity contribution in [3.05, 3.63) is 74.0 Å². The number of aryl methyl sites for hydroxylation is 2. The van der Waals surface area contributed by atoms with Crippen LogP contribution in [0, 0.1) is 11.3 Å². The Kier molecular flexibility index (Phi) is 5.12. The molecule has 4 nitrogen and oxygen atoms in total. The molecular weight excluding hydrogens is 386 g/mol. The smallest absolute Gasteiger partial charge is 0.263 e. The van der Waals surface area contributed by atoms with Gasteiger partial charge in [0.2, 0.25) is 0 Å². The summed E-state index contributed by atoms with van der Waals surface area (Å²) in [6.45, 7) is 4.56. The minimum Gasteiger partial charge on any atom is -0.292 e. The molecule has 0 unspecified atom stereocenters. The summed E-state index contributed by atoms with van der Waals surface area (Å²) in [5.41, 5.74) is 2.57. The fourth-order valence-corrected chi connectivity index (χ4v) is 5.46. The quantitative estimate of drug-likeness (QED) is 0.457. The van der Waals surface area contributed by atoms with E-state index in [0.29, 0.717) is 18.5 Å². The third-order valence-electron chi connectivity index (χ3n) is 4.77. The molecule has 0 saturated heterocycles. The van der Waals surface area contributed by atoms with Gasteiger partial charge in [-0.1, -0.05) is 32.0 Å². The summed E-state index contributed by atoms with van der Waals surface area (Å²) in [7, 11) is 0.